The highest BCUT2D eigenvalue weighted by Gasteiger charge is 2.35. The van der Waals surface area contributed by atoms with Gasteiger partial charge in [-0.2, -0.15) is 26.3 Å². The molecule has 0 spiro atoms. The number of benzene rings is 2. The first-order chi connectivity index (χ1) is 10.5. The molecule has 0 saturated heterocycles. The summed E-state index contributed by atoms with van der Waals surface area (Å²) in [6.07, 6.45) is -9.19. The summed E-state index contributed by atoms with van der Waals surface area (Å²) >= 11 is 6.87. The van der Waals surface area contributed by atoms with Gasteiger partial charge in [-0.25, -0.2) is 0 Å². The first-order valence-electron chi connectivity index (χ1n) is 5.98. The summed E-state index contributed by atoms with van der Waals surface area (Å²) in [7, 11) is 0. The molecule has 3 aromatic rings. The molecule has 0 bridgehead atoms. The van der Waals surface area contributed by atoms with Gasteiger partial charge < -0.3 is 0 Å². The maximum absolute atomic E-state index is 13.0. The number of thiophene rings is 1. The van der Waals surface area contributed by atoms with Crippen LogP contribution in [-0.2, 0) is 12.4 Å². The van der Waals surface area contributed by atoms with E-state index >= 15 is 0 Å². The second kappa shape index (κ2) is 5.35. The van der Waals surface area contributed by atoms with Crippen LogP contribution in [-0.4, -0.2) is 0 Å². The van der Waals surface area contributed by atoms with E-state index in [4.69, 9.17) is 0 Å². The Kier molecular flexibility index (Phi) is 3.97. The molecule has 0 nitrogen and oxygen atoms in total. The standard InChI is InChI=1S/C14H4Br2F6S/c15-9-3-11-5(1-7(9)13(17,18)19)6-2-8(14(20,21)22)10(16)4-12(6)23-11/h1-4H. The second-order valence-electron chi connectivity index (χ2n) is 4.75. The number of alkyl halides is 6. The van der Waals surface area contributed by atoms with E-state index in [9.17, 15) is 26.3 Å². The number of hydrogen-bond acceptors (Lipinski definition) is 1. The summed E-state index contributed by atoms with van der Waals surface area (Å²) in [5.74, 6) is 0. The van der Waals surface area contributed by atoms with Crippen molar-refractivity contribution in [3.8, 4) is 0 Å². The SMILES string of the molecule is FC(F)(F)c1cc2c(cc1Br)sc1cc(Br)c(C(F)(F)F)cc12. The zero-order valence-corrected chi connectivity index (χ0v) is 14.7. The van der Waals surface area contributed by atoms with Gasteiger partial charge in [0, 0.05) is 29.1 Å². The lowest BCUT2D eigenvalue weighted by atomic mass is 10.1. The minimum absolute atomic E-state index is 0.140. The third-order valence-corrected chi connectivity index (χ3v) is 5.69. The van der Waals surface area contributed by atoms with Crippen molar-refractivity contribution < 1.29 is 26.3 Å². The van der Waals surface area contributed by atoms with Crippen LogP contribution in [0.25, 0.3) is 20.2 Å². The predicted molar refractivity (Wildman–Crippen MR) is 84.7 cm³/mol. The Hall–Kier alpha value is -0.800. The van der Waals surface area contributed by atoms with Crippen LogP contribution in [0.4, 0.5) is 26.3 Å². The zero-order chi connectivity index (χ0) is 17.2. The molecule has 122 valence electrons. The molecule has 0 aliphatic carbocycles. The second-order valence-corrected chi connectivity index (χ2v) is 7.55. The molecule has 1 heterocycles. The molecule has 0 radical (unpaired) electrons. The molecule has 3 rings (SSSR count). The number of rotatable bonds is 0. The lowest BCUT2D eigenvalue weighted by Crippen LogP contribution is -2.06. The van der Waals surface area contributed by atoms with E-state index < -0.39 is 23.5 Å². The Morgan fingerprint density at radius 1 is 0.652 bits per heavy atom. The number of hydrogen-bond donors (Lipinski definition) is 0. The fourth-order valence-electron chi connectivity index (χ4n) is 2.25. The first-order valence-corrected chi connectivity index (χ1v) is 8.38. The van der Waals surface area contributed by atoms with Crippen molar-refractivity contribution in [3.05, 3.63) is 44.3 Å². The third-order valence-electron chi connectivity index (χ3n) is 3.26. The van der Waals surface area contributed by atoms with Gasteiger partial charge in [-0.3, -0.25) is 0 Å². The van der Waals surface area contributed by atoms with Crippen molar-refractivity contribution in [1.82, 2.24) is 0 Å². The largest absolute Gasteiger partial charge is 0.417 e. The van der Waals surface area contributed by atoms with E-state index in [1.54, 1.807) is 0 Å². The summed E-state index contributed by atoms with van der Waals surface area (Å²) in [6, 6.07) is 4.33. The van der Waals surface area contributed by atoms with E-state index in [1.165, 1.54) is 12.1 Å². The molecule has 23 heavy (non-hydrogen) atoms. The monoisotopic (exact) mass is 476 g/mol. The highest BCUT2D eigenvalue weighted by Crippen LogP contribution is 2.45. The summed E-state index contributed by atoms with van der Waals surface area (Å²) in [5.41, 5.74) is -1.83. The maximum atomic E-state index is 13.0. The van der Waals surface area contributed by atoms with Crippen molar-refractivity contribution in [2.75, 3.05) is 0 Å². The predicted octanol–water partition coefficient (Wildman–Crippen LogP) is 7.62. The van der Waals surface area contributed by atoms with Crippen molar-refractivity contribution in [3.63, 3.8) is 0 Å². The van der Waals surface area contributed by atoms with Crippen LogP contribution in [0.5, 0.6) is 0 Å². The van der Waals surface area contributed by atoms with E-state index in [1.807, 2.05) is 0 Å². The topological polar surface area (TPSA) is 0 Å². The Balaban J connectivity index is 2.40. The third kappa shape index (κ3) is 2.98. The van der Waals surface area contributed by atoms with E-state index in [0.717, 1.165) is 23.5 Å². The van der Waals surface area contributed by atoms with Crippen LogP contribution in [0.2, 0.25) is 0 Å². The molecular formula is C14H4Br2F6S. The molecule has 0 amide bonds. The van der Waals surface area contributed by atoms with Gasteiger partial charge in [0.25, 0.3) is 0 Å². The van der Waals surface area contributed by atoms with Crippen molar-refractivity contribution in [1.29, 1.82) is 0 Å². The quantitative estimate of drug-likeness (QED) is 0.292. The molecule has 0 aliphatic heterocycles. The van der Waals surface area contributed by atoms with Crippen molar-refractivity contribution >= 4 is 63.4 Å². The Bertz CT molecular complexity index is 849. The molecule has 0 fully saturated rings. The van der Waals surface area contributed by atoms with Crippen LogP contribution >= 0.6 is 43.2 Å². The summed E-state index contributed by atoms with van der Waals surface area (Å²) in [4.78, 5) is 0. The van der Waals surface area contributed by atoms with Gasteiger partial charge >= 0.3 is 12.4 Å². The maximum Gasteiger partial charge on any atom is 0.417 e. The van der Waals surface area contributed by atoms with Gasteiger partial charge in [-0.1, -0.05) is 31.9 Å². The van der Waals surface area contributed by atoms with Crippen LogP contribution in [0.1, 0.15) is 11.1 Å². The first kappa shape index (κ1) is 17.0. The normalized spacial score (nSPS) is 13.2. The lowest BCUT2D eigenvalue weighted by Gasteiger charge is -2.10. The van der Waals surface area contributed by atoms with Gasteiger partial charge in [-0.15, -0.1) is 11.3 Å². The molecule has 0 saturated carbocycles. The molecule has 0 atom stereocenters. The molecule has 1 aromatic heterocycles. The highest BCUT2D eigenvalue weighted by molar-refractivity contribution is 9.10. The highest BCUT2D eigenvalue weighted by atomic mass is 79.9. The minimum Gasteiger partial charge on any atom is -0.166 e. The van der Waals surface area contributed by atoms with Gasteiger partial charge in [0.05, 0.1) is 11.1 Å². The number of halogens is 8. The summed E-state index contributed by atoms with van der Waals surface area (Å²) < 4.78 is 78.7. The molecule has 0 aliphatic rings. The molecule has 0 N–H and O–H groups in total. The van der Waals surface area contributed by atoms with E-state index in [-0.39, 0.29) is 19.7 Å². The van der Waals surface area contributed by atoms with Gasteiger partial charge in [0.2, 0.25) is 0 Å². The summed E-state index contributed by atoms with van der Waals surface area (Å²) in [6.45, 7) is 0. The smallest absolute Gasteiger partial charge is 0.166 e. The molecular weight excluding hydrogens is 474 g/mol. The molecule has 2 aromatic carbocycles. The summed E-state index contributed by atoms with van der Waals surface area (Å²) in [5, 5.41) is 0.303. The van der Waals surface area contributed by atoms with Gasteiger partial charge in [0.15, 0.2) is 0 Å². The Morgan fingerprint density at radius 3 is 1.30 bits per heavy atom. The Morgan fingerprint density at radius 2 is 1.00 bits per heavy atom. The Labute approximate surface area is 146 Å². The van der Waals surface area contributed by atoms with Gasteiger partial charge in [-0.05, 0) is 24.3 Å². The van der Waals surface area contributed by atoms with Gasteiger partial charge in [0.1, 0.15) is 0 Å². The average Bonchev–Trinajstić information content (AvgIpc) is 2.70. The minimum atomic E-state index is -4.59. The average molecular weight is 478 g/mol. The lowest BCUT2D eigenvalue weighted by molar-refractivity contribution is -0.139. The van der Waals surface area contributed by atoms with Crippen LogP contribution < -0.4 is 0 Å². The fraction of sp³-hybridized carbons (Fsp3) is 0.143. The van der Waals surface area contributed by atoms with Crippen LogP contribution in [0.3, 0.4) is 0 Å². The molecule has 9 heteroatoms. The zero-order valence-electron chi connectivity index (χ0n) is 10.7. The van der Waals surface area contributed by atoms with Crippen molar-refractivity contribution in [2.24, 2.45) is 0 Å². The molecule has 0 unspecified atom stereocenters. The van der Waals surface area contributed by atoms with Crippen molar-refractivity contribution in [2.45, 2.75) is 12.4 Å². The van der Waals surface area contributed by atoms with E-state index in [2.05, 4.69) is 31.9 Å². The van der Waals surface area contributed by atoms with Crippen LogP contribution in [0.15, 0.2) is 33.2 Å². The van der Waals surface area contributed by atoms with Crippen LogP contribution in [0, 0.1) is 0 Å². The number of fused-ring (bicyclic) bond motifs is 3. The van der Waals surface area contributed by atoms with E-state index in [0.29, 0.717) is 9.40 Å². The fourth-order valence-corrected chi connectivity index (χ4v) is 4.84.